The highest BCUT2D eigenvalue weighted by molar-refractivity contribution is 6.09. The van der Waals surface area contributed by atoms with Gasteiger partial charge in [-0.25, -0.2) is 9.59 Å². The Balaban J connectivity index is 1.76. The Morgan fingerprint density at radius 2 is 1.68 bits per heavy atom. The van der Waals surface area contributed by atoms with Crippen LogP contribution >= 0.6 is 0 Å². The van der Waals surface area contributed by atoms with E-state index in [0.717, 1.165) is 5.56 Å². The summed E-state index contributed by atoms with van der Waals surface area (Å²) < 4.78 is 17.1. The van der Waals surface area contributed by atoms with Crippen molar-refractivity contribution < 1.29 is 23.5 Å². The van der Waals surface area contributed by atoms with E-state index >= 15 is 0 Å². The first-order valence-corrected chi connectivity index (χ1v) is 11.1. The molecule has 2 aromatic carbocycles. The summed E-state index contributed by atoms with van der Waals surface area (Å²) in [5.41, 5.74) is -0.130. The minimum absolute atomic E-state index is 0.00602. The van der Waals surface area contributed by atoms with Crippen molar-refractivity contribution in [2.75, 3.05) is 6.61 Å². The lowest BCUT2D eigenvalue weighted by Gasteiger charge is -2.30. The van der Waals surface area contributed by atoms with E-state index < -0.39 is 22.8 Å². The predicted molar refractivity (Wildman–Crippen MR) is 131 cm³/mol. The van der Waals surface area contributed by atoms with Crippen LogP contribution < -0.4 is 5.63 Å². The van der Waals surface area contributed by atoms with Crippen LogP contribution in [0.4, 0.5) is 0 Å². The molecule has 0 unspecified atom stereocenters. The average Bonchev–Trinajstić information content (AvgIpc) is 2.77. The third-order valence-electron chi connectivity index (χ3n) is 5.60. The second-order valence-electron chi connectivity index (χ2n) is 9.43. The molecule has 0 aliphatic carbocycles. The van der Waals surface area contributed by atoms with E-state index in [1.165, 1.54) is 0 Å². The van der Waals surface area contributed by atoms with Gasteiger partial charge in [0.25, 0.3) is 0 Å². The molecule has 3 rings (SSSR count). The molecule has 0 radical (unpaired) electrons. The summed E-state index contributed by atoms with van der Waals surface area (Å²) in [6.07, 6.45) is 0.489. The molecule has 0 atom stereocenters. The van der Waals surface area contributed by atoms with Crippen LogP contribution in [0.15, 0.2) is 76.0 Å². The average molecular weight is 463 g/mol. The third-order valence-corrected chi connectivity index (χ3v) is 5.60. The molecule has 6 heteroatoms. The fourth-order valence-corrected chi connectivity index (χ4v) is 3.41. The van der Waals surface area contributed by atoms with E-state index in [1.807, 2.05) is 33.8 Å². The number of carbonyl (C=O) groups is 2. The van der Waals surface area contributed by atoms with Crippen LogP contribution in [-0.2, 0) is 19.9 Å². The third kappa shape index (κ3) is 5.88. The molecule has 178 valence electrons. The van der Waals surface area contributed by atoms with Gasteiger partial charge in [0.1, 0.15) is 16.7 Å². The van der Waals surface area contributed by atoms with Gasteiger partial charge >= 0.3 is 11.6 Å². The molecule has 1 aromatic heterocycles. The monoisotopic (exact) mass is 462 g/mol. The number of fused-ring (bicyclic) bond motifs is 1. The van der Waals surface area contributed by atoms with Crippen LogP contribution in [-0.4, -0.2) is 24.0 Å². The van der Waals surface area contributed by atoms with E-state index in [1.54, 1.807) is 55.5 Å². The first-order valence-electron chi connectivity index (χ1n) is 11.1. The number of carbonyl (C=O) groups excluding carboxylic acids is 2. The van der Waals surface area contributed by atoms with Crippen LogP contribution in [0.2, 0.25) is 0 Å². The smallest absolute Gasteiger partial charge is 0.347 e. The number of ether oxygens (including phenoxy) is 2. The summed E-state index contributed by atoms with van der Waals surface area (Å²) in [7, 11) is 0. The van der Waals surface area contributed by atoms with Gasteiger partial charge in [-0.05, 0) is 52.3 Å². The highest BCUT2D eigenvalue weighted by Gasteiger charge is 2.27. The van der Waals surface area contributed by atoms with Gasteiger partial charge in [0, 0.05) is 22.9 Å². The van der Waals surface area contributed by atoms with Gasteiger partial charge in [0.15, 0.2) is 5.78 Å². The molecule has 0 aliphatic rings. The summed E-state index contributed by atoms with van der Waals surface area (Å²) in [5.74, 6) is -0.808. The Kier molecular flexibility index (Phi) is 7.22. The van der Waals surface area contributed by atoms with Crippen LogP contribution in [0.25, 0.3) is 11.0 Å². The molecular formula is C28H30O6. The van der Waals surface area contributed by atoms with Gasteiger partial charge in [-0.15, -0.1) is 0 Å². The van der Waals surface area contributed by atoms with Gasteiger partial charge in [0.05, 0.1) is 12.2 Å². The summed E-state index contributed by atoms with van der Waals surface area (Å²) in [5, 5.41) is 0.645. The molecule has 6 nitrogen and oxygen atoms in total. The lowest BCUT2D eigenvalue weighted by atomic mass is 9.96. The molecule has 0 spiro atoms. The van der Waals surface area contributed by atoms with E-state index in [2.05, 4.69) is 6.58 Å². The molecule has 34 heavy (non-hydrogen) atoms. The first-order chi connectivity index (χ1) is 15.9. The van der Waals surface area contributed by atoms with Gasteiger partial charge in [-0.1, -0.05) is 49.0 Å². The van der Waals surface area contributed by atoms with Crippen molar-refractivity contribution >= 4 is 22.7 Å². The molecule has 0 aliphatic heterocycles. The van der Waals surface area contributed by atoms with Crippen molar-refractivity contribution in [2.24, 2.45) is 0 Å². The molecular weight excluding hydrogens is 432 g/mol. The number of esters is 1. The Morgan fingerprint density at radius 3 is 2.32 bits per heavy atom. The standard InChI is InChI=1S/C28H30O6/c1-18(2)25(30)34-27(3,4)14-15-32-28(5,6)21-13-12-20-16-22(26(31)33-23(20)17-21)24(29)19-10-8-7-9-11-19/h7-13,16-17H,1,14-15H2,2-6H3. The highest BCUT2D eigenvalue weighted by atomic mass is 16.6. The zero-order valence-corrected chi connectivity index (χ0v) is 20.3. The lowest BCUT2D eigenvalue weighted by molar-refractivity contribution is -0.154. The maximum Gasteiger partial charge on any atom is 0.347 e. The quantitative estimate of drug-likeness (QED) is 0.179. The molecule has 0 amide bonds. The van der Waals surface area contributed by atoms with Gasteiger partial charge in [-0.3, -0.25) is 4.79 Å². The van der Waals surface area contributed by atoms with Crippen LogP contribution in [0.1, 0.15) is 62.5 Å². The van der Waals surface area contributed by atoms with E-state index in [-0.39, 0.29) is 11.3 Å². The van der Waals surface area contributed by atoms with Crippen molar-refractivity contribution in [3.05, 3.63) is 93.9 Å². The maximum absolute atomic E-state index is 12.7. The summed E-state index contributed by atoms with van der Waals surface area (Å²) in [6.45, 7) is 13.0. The van der Waals surface area contributed by atoms with Crippen molar-refractivity contribution in [3.8, 4) is 0 Å². The van der Waals surface area contributed by atoms with E-state index in [4.69, 9.17) is 13.9 Å². The Hall–Kier alpha value is -3.51. The predicted octanol–water partition coefficient (Wildman–Crippen LogP) is 5.56. The zero-order valence-electron chi connectivity index (χ0n) is 20.3. The molecule has 0 fully saturated rings. The molecule has 0 bridgehead atoms. The topological polar surface area (TPSA) is 82.8 Å². The second kappa shape index (κ2) is 9.77. The zero-order chi connectivity index (χ0) is 25.1. The Labute approximate surface area is 199 Å². The minimum atomic E-state index is -0.704. The second-order valence-corrected chi connectivity index (χ2v) is 9.43. The summed E-state index contributed by atoms with van der Waals surface area (Å²) >= 11 is 0. The summed E-state index contributed by atoms with van der Waals surface area (Å²) in [6, 6.07) is 15.6. The fourth-order valence-electron chi connectivity index (χ4n) is 3.41. The lowest BCUT2D eigenvalue weighted by Crippen LogP contribution is -2.32. The summed E-state index contributed by atoms with van der Waals surface area (Å²) in [4.78, 5) is 37.1. The molecule has 1 heterocycles. The number of benzene rings is 2. The van der Waals surface area contributed by atoms with Crippen molar-refractivity contribution in [2.45, 2.75) is 52.2 Å². The highest BCUT2D eigenvalue weighted by Crippen LogP contribution is 2.29. The number of rotatable bonds is 9. The van der Waals surface area contributed by atoms with Crippen LogP contribution in [0.5, 0.6) is 0 Å². The van der Waals surface area contributed by atoms with E-state index in [0.29, 0.717) is 35.1 Å². The number of ketones is 1. The maximum atomic E-state index is 12.7. The van der Waals surface area contributed by atoms with Gasteiger partial charge < -0.3 is 13.9 Å². The molecule has 0 saturated carbocycles. The Bertz CT molecular complexity index is 1280. The SMILES string of the molecule is C=C(C)C(=O)OC(C)(C)CCOC(C)(C)c1ccc2cc(C(=O)c3ccccc3)c(=O)oc2c1. The molecule has 0 N–H and O–H groups in total. The minimum Gasteiger partial charge on any atom is -0.456 e. The first kappa shape index (κ1) is 25.1. The van der Waals surface area contributed by atoms with Crippen molar-refractivity contribution in [3.63, 3.8) is 0 Å². The van der Waals surface area contributed by atoms with Gasteiger partial charge in [0.2, 0.25) is 0 Å². The molecule has 3 aromatic rings. The van der Waals surface area contributed by atoms with Crippen molar-refractivity contribution in [1.29, 1.82) is 0 Å². The van der Waals surface area contributed by atoms with Crippen molar-refractivity contribution in [1.82, 2.24) is 0 Å². The largest absolute Gasteiger partial charge is 0.456 e. The Morgan fingerprint density at radius 1 is 1.00 bits per heavy atom. The fraction of sp³-hybridized carbons (Fsp3) is 0.321. The van der Waals surface area contributed by atoms with Gasteiger partial charge in [-0.2, -0.15) is 0 Å². The number of hydrogen-bond acceptors (Lipinski definition) is 6. The molecule has 0 saturated heterocycles. The van der Waals surface area contributed by atoms with E-state index in [9.17, 15) is 14.4 Å². The van der Waals surface area contributed by atoms with Crippen LogP contribution in [0, 0.1) is 0 Å². The van der Waals surface area contributed by atoms with Crippen LogP contribution in [0.3, 0.4) is 0 Å². The number of hydrogen-bond donors (Lipinski definition) is 0. The normalized spacial score (nSPS) is 11.9.